The third kappa shape index (κ3) is 4.19. The van der Waals surface area contributed by atoms with Crippen molar-refractivity contribution in [2.75, 3.05) is 18.0 Å². The van der Waals surface area contributed by atoms with Crippen LogP contribution in [0.5, 0.6) is 0 Å². The molecule has 1 aliphatic heterocycles. The summed E-state index contributed by atoms with van der Waals surface area (Å²) in [7, 11) is -3.88. The fraction of sp³-hybridized carbons (Fsp3) is 0.250. The molecule has 4 rings (SSSR count). The van der Waals surface area contributed by atoms with Gasteiger partial charge in [0.2, 0.25) is 26.6 Å². The van der Waals surface area contributed by atoms with Crippen LogP contribution in [0.2, 0.25) is 10.0 Å². The van der Waals surface area contributed by atoms with Crippen molar-refractivity contribution in [3.8, 4) is 11.5 Å². The Bertz CT molecular complexity index is 1140. The van der Waals surface area contributed by atoms with Gasteiger partial charge in [-0.15, -0.1) is 0 Å². The molecule has 0 amide bonds. The van der Waals surface area contributed by atoms with Crippen molar-refractivity contribution in [2.45, 2.75) is 29.2 Å². The van der Waals surface area contributed by atoms with E-state index in [0.29, 0.717) is 28.7 Å². The maximum Gasteiger partial charge on any atom is 0.236 e. The Kier molecular flexibility index (Phi) is 5.93. The molecule has 0 bridgehead atoms. The minimum absolute atomic E-state index is 0.0947. The lowest BCUT2D eigenvalue weighted by molar-refractivity contribution is 0.499. The van der Waals surface area contributed by atoms with Crippen molar-refractivity contribution in [1.29, 1.82) is 0 Å². The maximum absolute atomic E-state index is 13.4. The first-order chi connectivity index (χ1) is 13.9. The Morgan fingerprint density at radius 1 is 1.00 bits per heavy atom. The van der Waals surface area contributed by atoms with Gasteiger partial charge in [-0.3, -0.25) is 0 Å². The second-order valence-electron chi connectivity index (χ2n) is 6.76. The normalized spacial score (nSPS) is 14.9. The topological polar surface area (TPSA) is 63.4 Å². The lowest BCUT2D eigenvalue weighted by Crippen LogP contribution is -2.30. The number of anilines is 1. The molecule has 29 heavy (non-hydrogen) atoms. The number of nitrogens with zero attached hydrogens (tertiary/aromatic N) is 2. The summed E-state index contributed by atoms with van der Waals surface area (Å²) >= 11 is 15.6. The van der Waals surface area contributed by atoms with Crippen LogP contribution in [-0.2, 0) is 9.84 Å². The molecule has 152 valence electrons. The molecule has 0 unspecified atom stereocenters. The minimum Gasteiger partial charge on any atom is -0.419 e. The zero-order chi connectivity index (χ0) is 20.6. The number of sulfone groups is 1. The molecule has 5 nitrogen and oxygen atoms in total. The Labute approximate surface area is 187 Å². The number of rotatable bonds is 4. The van der Waals surface area contributed by atoms with E-state index in [4.69, 9.17) is 27.6 Å². The van der Waals surface area contributed by atoms with Gasteiger partial charge >= 0.3 is 0 Å². The van der Waals surface area contributed by atoms with E-state index < -0.39 is 9.84 Å². The molecule has 3 aromatic rings. The van der Waals surface area contributed by atoms with E-state index in [9.17, 15) is 8.42 Å². The van der Waals surface area contributed by atoms with Crippen LogP contribution >= 0.6 is 39.1 Å². The maximum atomic E-state index is 13.4. The largest absolute Gasteiger partial charge is 0.419 e. The average molecular weight is 516 g/mol. The van der Waals surface area contributed by atoms with Crippen molar-refractivity contribution in [2.24, 2.45) is 0 Å². The summed E-state index contributed by atoms with van der Waals surface area (Å²) in [5.74, 6) is 0.413. The third-order valence-corrected chi connectivity index (χ3v) is 7.51. The van der Waals surface area contributed by atoms with E-state index in [1.54, 1.807) is 42.5 Å². The van der Waals surface area contributed by atoms with Crippen LogP contribution in [0.3, 0.4) is 0 Å². The molecule has 2 heterocycles. The van der Waals surface area contributed by atoms with Gasteiger partial charge in [-0.05, 0) is 61.7 Å². The average Bonchev–Trinajstić information content (AvgIpc) is 3.15. The number of benzene rings is 2. The van der Waals surface area contributed by atoms with Crippen molar-refractivity contribution in [1.82, 2.24) is 4.98 Å². The molecule has 0 N–H and O–H groups in total. The fourth-order valence-corrected chi connectivity index (χ4v) is 5.35. The Balaban J connectivity index is 1.87. The molecule has 1 saturated heterocycles. The first kappa shape index (κ1) is 20.7. The third-order valence-electron chi connectivity index (χ3n) is 4.76. The molecule has 9 heteroatoms. The number of halogens is 3. The Hall–Kier alpha value is -1.54. The van der Waals surface area contributed by atoms with Crippen LogP contribution in [0, 0.1) is 0 Å². The molecule has 0 spiro atoms. The summed E-state index contributed by atoms with van der Waals surface area (Å²) in [5.41, 5.74) is 0.492. The van der Waals surface area contributed by atoms with Gasteiger partial charge in [0, 0.05) is 22.6 Å². The van der Waals surface area contributed by atoms with Gasteiger partial charge < -0.3 is 9.32 Å². The standard InChI is InChI=1S/C20H17BrCl2N2O3S/c21-13-4-7-15(8-5-13)29(26,27)19-20(25-10-2-1-3-11-25)28-18(24-19)16-9-6-14(22)12-17(16)23/h4-9,12H,1-3,10-11H2. The van der Waals surface area contributed by atoms with Crippen molar-refractivity contribution < 1.29 is 12.8 Å². The number of oxazole rings is 1. The van der Waals surface area contributed by atoms with Crippen molar-refractivity contribution >= 4 is 54.9 Å². The summed E-state index contributed by atoms with van der Waals surface area (Å²) in [6, 6.07) is 11.4. The molecule has 0 radical (unpaired) electrons. The van der Waals surface area contributed by atoms with Gasteiger partial charge in [-0.2, -0.15) is 4.98 Å². The van der Waals surface area contributed by atoms with E-state index in [1.807, 2.05) is 4.90 Å². The minimum atomic E-state index is -3.88. The second kappa shape index (κ2) is 8.30. The van der Waals surface area contributed by atoms with Gasteiger partial charge in [-0.25, -0.2) is 8.42 Å². The van der Waals surface area contributed by atoms with Crippen LogP contribution in [0.25, 0.3) is 11.5 Å². The van der Waals surface area contributed by atoms with Gasteiger partial charge in [0.05, 0.1) is 15.5 Å². The monoisotopic (exact) mass is 514 g/mol. The van der Waals surface area contributed by atoms with E-state index in [2.05, 4.69) is 20.9 Å². The lowest BCUT2D eigenvalue weighted by atomic mass is 10.1. The molecular weight excluding hydrogens is 499 g/mol. The van der Waals surface area contributed by atoms with Gasteiger partial charge in [0.25, 0.3) is 0 Å². The highest BCUT2D eigenvalue weighted by atomic mass is 79.9. The van der Waals surface area contributed by atoms with Crippen LogP contribution in [0.4, 0.5) is 5.88 Å². The van der Waals surface area contributed by atoms with E-state index in [-0.39, 0.29) is 21.7 Å². The number of aromatic nitrogens is 1. The lowest BCUT2D eigenvalue weighted by Gasteiger charge is -2.26. The molecule has 0 aliphatic carbocycles. The molecular formula is C20H17BrCl2N2O3S. The van der Waals surface area contributed by atoms with Crippen LogP contribution in [0.1, 0.15) is 19.3 Å². The zero-order valence-corrected chi connectivity index (χ0v) is 19.2. The molecule has 0 atom stereocenters. The number of piperidine rings is 1. The summed E-state index contributed by atoms with van der Waals surface area (Å²) in [6.45, 7) is 1.43. The smallest absolute Gasteiger partial charge is 0.236 e. The highest BCUT2D eigenvalue weighted by Gasteiger charge is 2.32. The highest BCUT2D eigenvalue weighted by Crippen LogP contribution is 2.38. The van der Waals surface area contributed by atoms with Crippen molar-refractivity contribution in [3.63, 3.8) is 0 Å². The van der Waals surface area contributed by atoms with E-state index in [0.717, 1.165) is 23.7 Å². The first-order valence-electron chi connectivity index (χ1n) is 9.08. The Morgan fingerprint density at radius 3 is 2.34 bits per heavy atom. The molecule has 2 aromatic carbocycles. The summed E-state index contributed by atoms with van der Waals surface area (Å²) in [5, 5.41) is 0.726. The SMILES string of the molecule is O=S(=O)(c1ccc(Br)cc1)c1nc(-c2ccc(Cl)cc2Cl)oc1N1CCCCC1. The number of hydrogen-bond donors (Lipinski definition) is 0. The van der Waals surface area contributed by atoms with E-state index in [1.165, 1.54) is 0 Å². The Morgan fingerprint density at radius 2 is 1.69 bits per heavy atom. The van der Waals surface area contributed by atoms with Gasteiger partial charge in [-0.1, -0.05) is 39.1 Å². The van der Waals surface area contributed by atoms with Crippen LogP contribution in [0.15, 0.2) is 61.3 Å². The molecule has 1 aromatic heterocycles. The molecule has 1 aliphatic rings. The zero-order valence-electron chi connectivity index (χ0n) is 15.2. The summed E-state index contributed by atoms with van der Waals surface area (Å²) < 4.78 is 33.5. The van der Waals surface area contributed by atoms with E-state index >= 15 is 0 Å². The molecule has 1 fully saturated rings. The fourth-order valence-electron chi connectivity index (χ4n) is 3.27. The summed E-state index contributed by atoms with van der Waals surface area (Å²) in [6.07, 6.45) is 3.04. The van der Waals surface area contributed by atoms with Gasteiger partial charge in [0.15, 0.2) is 0 Å². The first-order valence-corrected chi connectivity index (χ1v) is 12.1. The van der Waals surface area contributed by atoms with Crippen molar-refractivity contribution in [3.05, 3.63) is 57.0 Å². The predicted octanol–water partition coefficient (Wildman–Crippen LogP) is 6.23. The highest BCUT2D eigenvalue weighted by molar-refractivity contribution is 9.10. The molecule has 0 saturated carbocycles. The predicted molar refractivity (Wildman–Crippen MR) is 118 cm³/mol. The van der Waals surface area contributed by atoms with Crippen LogP contribution in [-0.4, -0.2) is 26.5 Å². The number of hydrogen-bond acceptors (Lipinski definition) is 5. The summed E-state index contributed by atoms with van der Waals surface area (Å²) in [4.78, 5) is 6.47. The second-order valence-corrected chi connectivity index (χ2v) is 10.4. The quantitative estimate of drug-likeness (QED) is 0.411. The van der Waals surface area contributed by atoms with Gasteiger partial charge in [0.1, 0.15) is 0 Å². The van der Waals surface area contributed by atoms with Crippen LogP contribution < -0.4 is 4.90 Å².